The predicted octanol–water partition coefficient (Wildman–Crippen LogP) is 3.36. The second-order valence-corrected chi connectivity index (χ2v) is 5.14. The van der Waals surface area contributed by atoms with Crippen LogP contribution in [0.2, 0.25) is 5.28 Å². The molecule has 9 heteroatoms. The van der Waals surface area contributed by atoms with Gasteiger partial charge in [0.05, 0.1) is 5.69 Å². The molecule has 0 atom stereocenters. The van der Waals surface area contributed by atoms with Crippen LogP contribution in [0.1, 0.15) is 0 Å². The average molecular weight is 370 g/mol. The summed E-state index contributed by atoms with van der Waals surface area (Å²) in [5.74, 6) is 0.128. The molecule has 1 aromatic carbocycles. The van der Waals surface area contributed by atoms with Crippen LogP contribution in [0.25, 0.3) is 5.95 Å². The van der Waals surface area contributed by atoms with E-state index in [1.54, 1.807) is 23.0 Å². The van der Waals surface area contributed by atoms with E-state index < -0.39 is 0 Å². The van der Waals surface area contributed by atoms with Gasteiger partial charge in [-0.1, -0.05) is 0 Å². The number of aromatic nitrogens is 5. The van der Waals surface area contributed by atoms with Crippen LogP contribution in [0.3, 0.4) is 0 Å². The van der Waals surface area contributed by atoms with E-state index in [-0.39, 0.29) is 17.0 Å². The van der Waals surface area contributed by atoms with Gasteiger partial charge in [0.1, 0.15) is 12.1 Å². The number of nitrogens with one attached hydrogen (secondary N) is 1. The molecule has 0 spiro atoms. The van der Waals surface area contributed by atoms with Gasteiger partial charge in [-0.05, 0) is 45.7 Å². The maximum absolute atomic E-state index is 13.3. The Bertz CT molecular complexity index is 779. The van der Waals surface area contributed by atoms with Gasteiger partial charge in [-0.3, -0.25) is 4.57 Å². The number of nitrogens with zero attached hydrogens (tertiary/aromatic N) is 5. The van der Waals surface area contributed by atoms with Crippen LogP contribution < -0.4 is 5.32 Å². The molecule has 0 aliphatic heterocycles. The Balaban J connectivity index is 1.97. The van der Waals surface area contributed by atoms with E-state index in [1.807, 2.05) is 0 Å². The minimum atomic E-state index is -0.379. The maximum atomic E-state index is 13.3. The van der Waals surface area contributed by atoms with Crippen LogP contribution in [-0.4, -0.2) is 24.5 Å². The fourth-order valence-electron chi connectivity index (χ4n) is 1.60. The molecule has 0 bridgehead atoms. The third-order valence-electron chi connectivity index (χ3n) is 2.51. The lowest BCUT2D eigenvalue weighted by molar-refractivity contribution is 0.628. The fourth-order valence-corrected chi connectivity index (χ4v) is 2.10. The van der Waals surface area contributed by atoms with Crippen LogP contribution in [0.4, 0.5) is 16.0 Å². The standard InChI is InChI=1S/C12H7BrClFN6/c13-8-2-1-7(15)5-9(8)17-11-18-10(14)19-12(20-11)21-4-3-16-6-21/h1-6H,(H,17,18,19,20). The molecular weight excluding hydrogens is 363 g/mol. The first-order valence-corrected chi connectivity index (χ1v) is 6.91. The molecule has 6 nitrogen and oxygen atoms in total. The topological polar surface area (TPSA) is 68.5 Å². The molecule has 1 N–H and O–H groups in total. The Labute approximate surface area is 132 Å². The summed E-state index contributed by atoms with van der Waals surface area (Å²) >= 11 is 9.20. The van der Waals surface area contributed by atoms with Gasteiger partial charge in [-0.15, -0.1) is 0 Å². The van der Waals surface area contributed by atoms with Crippen molar-refractivity contribution in [3.05, 3.63) is 52.5 Å². The van der Waals surface area contributed by atoms with Crippen molar-refractivity contribution < 1.29 is 4.39 Å². The van der Waals surface area contributed by atoms with E-state index in [9.17, 15) is 4.39 Å². The van der Waals surface area contributed by atoms with E-state index in [4.69, 9.17) is 11.6 Å². The molecule has 0 radical (unpaired) electrons. The lowest BCUT2D eigenvalue weighted by Gasteiger charge is -2.08. The summed E-state index contributed by atoms with van der Waals surface area (Å²) in [5, 5.41) is 2.91. The molecule has 0 unspecified atom stereocenters. The first-order valence-electron chi connectivity index (χ1n) is 5.74. The van der Waals surface area contributed by atoms with Crippen LogP contribution in [-0.2, 0) is 0 Å². The monoisotopic (exact) mass is 368 g/mol. The number of hydrogen-bond donors (Lipinski definition) is 1. The number of benzene rings is 1. The highest BCUT2D eigenvalue weighted by Crippen LogP contribution is 2.25. The van der Waals surface area contributed by atoms with Gasteiger partial charge in [0.2, 0.25) is 17.2 Å². The second-order valence-electron chi connectivity index (χ2n) is 3.95. The molecule has 0 saturated carbocycles. The third-order valence-corrected chi connectivity index (χ3v) is 3.37. The van der Waals surface area contributed by atoms with Crippen molar-refractivity contribution in [1.29, 1.82) is 0 Å². The van der Waals surface area contributed by atoms with Crippen molar-refractivity contribution in [2.24, 2.45) is 0 Å². The van der Waals surface area contributed by atoms with Crippen LogP contribution in [0.5, 0.6) is 0 Å². The van der Waals surface area contributed by atoms with E-state index >= 15 is 0 Å². The molecule has 106 valence electrons. The summed E-state index contributed by atoms with van der Waals surface area (Å²) in [6.45, 7) is 0. The van der Waals surface area contributed by atoms with Gasteiger partial charge in [0, 0.05) is 16.9 Å². The minimum absolute atomic E-state index is 0.0173. The van der Waals surface area contributed by atoms with Gasteiger partial charge in [0.25, 0.3) is 0 Å². The Hall–Kier alpha value is -2.06. The zero-order chi connectivity index (χ0) is 14.8. The number of imidazole rings is 1. The van der Waals surface area contributed by atoms with Crippen molar-refractivity contribution in [3.8, 4) is 5.95 Å². The SMILES string of the molecule is Fc1ccc(Br)c(Nc2nc(Cl)nc(-n3ccnc3)n2)c1. The van der Waals surface area contributed by atoms with Gasteiger partial charge >= 0.3 is 0 Å². The van der Waals surface area contributed by atoms with E-state index in [2.05, 4.69) is 41.2 Å². The third kappa shape index (κ3) is 3.17. The molecule has 21 heavy (non-hydrogen) atoms. The van der Waals surface area contributed by atoms with Crippen LogP contribution in [0, 0.1) is 5.82 Å². The molecule has 0 saturated heterocycles. The molecular formula is C12H7BrClFN6. The molecule has 0 aliphatic carbocycles. The smallest absolute Gasteiger partial charge is 0.241 e. The Morgan fingerprint density at radius 3 is 2.86 bits per heavy atom. The maximum Gasteiger partial charge on any atom is 0.241 e. The average Bonchev–Trinajstić information content (AvgIpc) is 2.96. The van der Waals surface area contributed by atoms with Crippen molar-refractivity contribution in [2.75, 3.05) is 5.32 Å². The quantitative estimate of drug-likeness (QED) is 0.767. The molecule has 3 rings (SSSR count). The van der Waals surface area contributed by atoms with Gasteiger partial charge in [-0.2, -0.15) is 15.0 Å². The summed E-state index contributed by atoms with van der Waals surface area (Å²) in [6.07, 6.45) is 4.80. The van der Waals surface area contributed by atoms with Crippen molar-refractivity contribution >= 4 is 39.2 Å². The zero-order valence-electron chi connectivity index (χ0n) is 10.3. The fraction of sp³-hybridized carbons (Fsp3) is 0. The lowest BCUT2D eigenvalue weighted by atomic mass is 10.3. The second kappa shape index (κ2) is 5.74. The van der Waals surface area contributed by atoms with Crippen LogP contribution in [0.15, 0.2) is 41.4 Å². The zero-order valence-corrected chi connectivity index (χ0v) is 12.7. The molecule has 3 aromatic rings. The Morgan fingerprint density at radius 2 is 2.10 bits per heavy atom. The van der Waals surface area contributed by atoms with Gasteiger partial charge in [0.15, 0.2) is 0 Å². The number of rotatable bonds is 3. The summed E-state index contributed by atoms with van der Waals surface area (Å²) in [7, 11) is 0. The number of anilines is 2. The van der Waals surface area contributed by atoms with Gasteiger partial charge in [-0.25, -0.2) is 9.37 Å². The first-order chi connectivity index (χ1) is 10.1. The van der Waals surface area contributed by atoms with Crippen molar-refractivity contribution in [3.63, 3.8) is 0 Å². The Kier molecular flexibility index (Phi) is 3.80. The summed E-state index contributed by atoms with van der Waals surface area (Å²) < 4.78 is 15.5. The summed E-state index contributed by atoms with van der Waals surface area (Å²) in [6, 6.07) is 4.24. The number of hydrogen-bond acceptors (Lipinski definition) is 5. The Morgan fingerprint density at radius 1 is 1.24 bits per heavy atom. The number of halogens is 3. The van der Waals surface area contributed by atoms with Crippen LogP contribution >= 0.6 is 27.5 Å². The molecule has 0 aliphatic rings. The highest BCUT2D eigenvalue weighted by molar-refractivity contribution is 9.10. The van der Waals surface area contributed by atoms with Crippen molar-refractivity contribution in [2.45, 2.75) is 0 Å². The van der Waals surface area contributed by atoms with E-state index in [1.165, 1.54) is 18.5 Å². The van der Waals surface area contributed by atoms with E-state index in [0.717, 1.165) is 0 Å². The molecule has 0 fully saturated rings. The van der Waals surface area contributed by atoms with Crippen molar-refractivity contribution in [1.82, 2.24) is 24.5 Å². The molecule has 2 aromatic heterocycles. The normalized spacial score (nSPS) is 10.6. The largest absolute Gasteiger partial charge is 0.323 e. The van der Waals surface area contributed by atoms with E-state index in [0.29, 0.717) is 16.1 Å². The summed E-state index contributed by atoms with van der Waals surface area (Å²) in [4.78, 5) is 16.1. The summed E-state index contributed by atoms with van der Waals surface area (Å²) in [5.41, 5.74) is 0.480. The highest BCUT2D eigenvalue weighted by atomic mass is 79.9. The first kappa shape index (κ1) is 13.9. The van der Waals surface area contributed by atoms with Gasteiger partial charge < -0.3 is 5.32 Å². The minimum Gasteiger partial charge on any atom is -0.323 e. The molecule has 2 heterocycles. The predicted molar refractivity (Wildman–Crippen MR) is 79.3 cm³/mol. The molecule has 0 amide bonds. The highest BCUT2D eigenvalue weighted by Gasteiger charge is 2.09. The lowest BCUT2D eigenvalue weighted by Crippen LogP contribution is -2.05.